The van der Waals surface area contributed by atoms with Crippen molar-refractivity contribution in [2.24, 2.45) is 10.2 Å². The summed E-state index contributed by atoms with van der Waals surface area (Å²) >= 11 is 9.50. The van der Waals surface area contributed by atoms with Crippen LogP contribution >= 0.6 is 24.4 Å². The quantitative estimate of drug-likeness (QED) is 0.445. The average Bonchev–Trinajstić information content (AvgIpc) is 2.31. The summed E-state index contributed by atoms with van der Waals surface area (Å²) in [5.41, 5.74) is 6.37. The van der Waals surface area contributed by atoms with Crippen LogP contribution in [0.3, 0.4) is 0 Å². The molecule has 2 N–H and O–H groups in total. The number of hydrogen-bond donors (Lipinski definition) is 2. The Bertz CT molecular complexity index is 296. The number of nitrogens with one attached hydrogen (secondary N) is 2. The molecule has 0 unspecified atom stereocenters. The van der Waals surface area contributed by atoms with Crippen molar-refractivity contribution in [1.29, 1.82) is 0 Å². The van der Waals surface area contributed by atoms with Crippen molar-refractivity contribution < 1.29 is 9.47 Å². The lowest BCUT2D eigenvalue weighted by Gasteiger charge is -2.04. The van der Waals surface area contributed by atoms with Crippen LogP contribution < -0.4 is 10.9 Å². The predicted octanol–water partition coefficient (Wildman–Crippen LogP) is 0.780. The summed E-state index contributed by atoms with van der Waals surface area (Å²) in [5, 5.41) is 8.26. The zero-order valence-electron chi connectivity index (χ0n) is 9.53. The third-order valence-corrected chi connectivity index (χ3v) is 2.04. The second-order valence-corrected chi connectivity index (χ2v) is 3.34. The second kappa shape index (κ2) is 7.94. The van der Waals surface area contributed by atoms with Gasteiger partial charge < -0.3 is 9.47 Å². The van der Waals surface area contributed by atoms with Crippen LogP contribution in [-0.4, -0.2) is 36.0 Å². The van der Waals surface area contributed by atoms with Gasteiger partial charge in [0.2, 0.25) is 0 Å². The molecule has 0 rings (SSSR count). The second-order valence-electron chi connectivity index (χ2n) is 2.60. The number of methoxy groups -OCH3 is 2. The predicted molar refractivity (Wildman–Crippen MR) is 71.7 cm³/mol. The molecule has 0 saturated carbocycles. The lowest BCUT2D eigenvalue weighted by atomic mass is 10.3. The van der Waals surface area contributed by atoms with Gasteiger partial charge in [-0.05, 0) is 38.3 Å². The molecule has 0 aromatic rings. The third-order valence-electron chi connectivity index (χ3n) is 1.52. The molecule has 0 aliphatic heterocycles. The molecule has 0 spiro atoms. The van der Waals surface area contributed by atoms with Gasteiger partial charge in [0.05, 0.1) is 25.6 Å². The van der Waals surface area contributed by atoms with Crippen LogP contribution in [0.1, 0.15) is 13.8 Å². The van der Waals surface area contributed by atoms with Gasteiger partial charge in [0, 0.05) is 0 Å². The summed E-state index contributed by atoms with van der Waals surface area (Å²) in [6.07, 6.45) is 0. The first-order valence-electron chi connectivity index (χ1n) is 4.28. The van der Waals surface area contributed by atoms with E-state index in [1.807, 2.05) is 0 Å². The van der Waals surface area contributed by atoms with E-state index in [4.69, 9.17) is 33.9 Å². The fourth-order valence-electron chi connectivity index (χ4n) is 0.512. The van der Waals surface area contributed by atoms with Crippen LogP contribution in [0.15, 0.2) is 10.2 Å². The molecular weight excluding hydrogens is 248 g/mol. The minimum absolute atomic E-state index is 0.188. The van der Waals surface area contributed by atoms with Gasteiger partial charge in [0.25, 0.3) is 10.3 Å². The first kappa shape index (κ1) is 14.7. The van der Waals surface area contributed by atoms with Crippen molar-refractivity contribution in [3.63, 3.8) is 0 Å². The fraction of sp³-hybridized carbons (Fsp3) is 0.500. The third kappa shape index (κ3) is 6.25. The molecule has 0 aromatic heterocycles. The van der Waals surface area contributed by atoms with Crippen molar-refractivity contribution in [3.8, 4) is 0 Å². The van der Waals surface area contributed by atoms with Crippen LogP contribution in [0.5, 0.6) is 0 Å². The fourth-order valence-corrected chi connectivity index (χ4v) is 0.603. The van der Waals surface area contributed by atoms with E-state index in [9.17, 15) is 0 Å². The standard InChI is InChI=1S/C8H14N4O2S2/c1-5(9-11-7(15)13-3)6(2)10-12-8(16)14-4/h1-4H3,(H,11,15)(H,12,16). The molecule has 0 aliphatic carbocycles. The molecule has 0 aliphatic rings. The number of hydrogen-bond acceptors (Lipinski definition) is 6. The van der Waals surface area contributed by atoms with Crippen LogP contribution in [-0.2, 0) is 9.47 Å². The van der Waals surface area contributed by atoms with E-state index in [1.54, 1.807) is 13.8 Å². The van der Waals surface area contributed by atoms with Gasteiger partial charge in [-0.3, -0.25) is 0 Å². The van der Waals surface area contributed by atoms with Gasteiger partial charge in [0.1, 0.15) is 0 Å². The molecule has 16 heavy (non-hydrogen) atoms. The van der Waals surface area contributed by atoms with Crippen molar-refractivity contribution in [2.75, 3.05) is 14.2 Å². The maximum absolute atomic E-state index is 4.75. The minimum Gasteiger partial charge on any atom is -0.473 e. The summed E-state index contributed by atoms with van der Waals surface area (Å²) in [7, 11) is 2.92. The molecule has 0 atom stereocenters. The summed E-state index contributed by atoms with van der Waals surface area (Å²) in [6.45, 7) is 3.53. The molecule has 0 radical (unpaired) electrons. The van der Waals surface area contributed by atoms with Crippen molar-refractivity contribution in [1.82, 2.24) is 10.9 Å². The summed E-state index contributed by atoms with van der Waals surface area (Å²) in [5.74, 6) is 0. The van der Waals surface area contributed by atoms with E-state index >= 15 is 0 Å². The summed E-state index contributed by atoms with van der Waals surface area (Å²) in [6, 6.07) is 0. The highest BCUT2D eigenvalue weighted by atomic mass is 32.1. The molecule has 90 valence electrons. The van der Waals surface area contributed by atoms with E-state index in [0.717, 1.165) is 0 Å². The summed E-state index contributed by atoms with van der Waals surface area (Å²) in [4.78, 5) is 0. The van der Waals surface area contributed by atoms with Crippen LogP contribution in [0, 0.1) is 0 Å². The normalized spacial score (nSPS) is 11.8. The van der Waals surface area contributed by atoms with E-state index in [0.29, 0.717) is 11.4 Å². The monoisotopic (exact) mass is 262 g/mol. The Morgan fingerprint density at radius 2 is 1.19 bits per heavy atom. The Labute approximate surface area is 105 Å². The largest absolute Gasteiger partial charge is 0.473 e. The molecule has 0 bridgehead atoms. The van der Waals surface area contributed by atoms with Crippen LogP contribution in [0.25, 0.3) is 0 Å². The molecule has 0 heterocycles. The highest BCUT2D eigenvalue weighted by molar-refractivity contribution is 7.80. The Kier molecular flexibility index (Phi) is 7.31. The zero-order valence-corrected chi connectivity index (χ0v) is 11.2. The molecular formula is C8H14N4O2S2. The van der Waals surface area contributed by atoms with E-state index in [-0.39, 0.29) is 10.3 Å². The Morgan fingerprint density at radius 1 is 0.875 bits per heavy atom. The van der Waals surface area contributed by atoms with Gasteiger partial charge in [-0.15, -0.1) is 0 Å². The first-order valence-corrected chi connectivity index (χ1v) is 5.09. The van der Waals surface area contributed by atoms with Gasteiger partial charge in [-0.1, -0.05) is 0 Å². The molecule has 0 aromatic carbocycles. The van der Waals surface area contributed by atoms with Crippen LogP contribution in [0.4, 0.5) is 0 Å². The molecule has 0 saturated heterocycles. The SMILES string of the molecule is COC(=S)NN=C(C)C(C)=NNC(=S)OC. The smallest absolute Gasteiger partial charge is 0.277 e. The lowest BCUT2D eigenvalue weighted by Crippen LogP contribution is -2.23. The molecule has 6 nitrogen and oxygen atoms in total. The van der Waals surface area contributed by atoms with E-state index in [1.165, 1.54) is 14.2 Å². The van der Waals surface area contributed by atoms with Gasteiger partial charge in [-0.25, -0.2) is 10.9 Å². The topological polar surface area (TPSA) is 67.2 Å². The van der Waals surface area contributed by atoms with Crippen LogP contribution in [0.2, 0.25) is 0 Å². The molecule has 0 fully saturated rings. The highest BCUT2D eigenvalue weighted by Crippen LogP contribution is 1.84. The number of thiocarbonyl (C=S) groups is 2. The van der Waals surface area contributed by atoms with Gasteiger partial charge in [0.15, 0.2) is 0 Å². The maximum atomic E-state index is 4.75. The lowest BCUT2D eigenvalue weighted by molar-refractivity contribution is 0.394. The van der Waals surface area contributed by atoms with E-state index < -0.39 is 0 Å². The highest BCUT2D eigenvalue weighted by Gasteiger charge is 1.98. The van der Waals surface area contributed by atoms with Crippen molar-refractivity contribution >= 4 is 46.2 Å². The summed E-state index contributed by atoms with van der Waals surface area (Å²) < 4.78 is 9.43. The first-order chi connectivity index (χ1) is 7.51. The van der Waals surface area contributed by atoms with E-state index in [2.05, 4.69) is 21.1 Å². The van der Waals surface area contributed by atoms with Gasteiger partial charge in [-0.2, -0.15) is 10.2 Å². The number of ether oxygens (including phenoxy) is 2. The zero-order chi connectivity index (χ0) is 12.6. The van der Waals surface area contributed by atoms with Crippen molar-refractivity contribution in [3.05, 3.63) is 0 Å². The minimum atomic E-state index is 0.188. The Balaban J connectivity index is 4.30. The molecule has 0 amide bonds. The van der Waals surface area contributed by atoms with Gasteiger partial charge >= 0.3 is 0 Å². The number of nitrogens with zero attached hydrogens (tertiary/aromatic N) is 2. The maximum Gasteiger partial charge on any atom is 0.277 e. The molecule has 8 heteroatoms. The Morgan fingerprint density at radius 3 is 1.44 bits per heavy atom. The Hall–Kier alpha value is -1.28. The number of hydrazone groups is 2. The van der Waals surface area contributed by atoms with Crippen molar-refractivity contribution in [2.45, 2.75) is 13.8 Å². The average molecular weight is 262 g/mol. The number of rotatable bonds is 3.